The lowest BCUT2D eigenvalue weighted by molar-refractivity contribution is -0.403. The first-order chi connectivity index (χ1) is 9.90. The smallest absolute Gasteiger partial charge is 0.263 e. The Hall–Kier alpha value is -0.790. The number of thioether (sulfide) groups is 1. The third-order valence-electron chi connectivity index (χ3n) is 3.54. The molecule has 1 saturated heterocycles. The maximum atomic E-state index is 10.5. The zero-order valence-electron chi connectivity index (χ0n) is 13.4. The van der Waals surface area contributed by atoms with Gasteiger partial charge in [0.2, 0.25) is 0 Å². The van der Waals surface area contributed by atoms with Crippen molar-refractivity contribution in [1.82, 2.24) is 10.2 Å². The molecule has 7 heteroatoms. The molecule has 0 spiro atoms. The fraction of sp³-hybridized carbons (Fsp3) is 0.857. The van der Waals surface area contributed by atoms with Gasteiger partial charge in [0.05, 0.1) is 17.6 Å². The van der Waals surface area contributed by atoms with Gasteiger partial charge in [-0.15, -0.1) is 11.8 Å². The van der Waals surface area contributed by atoms with Gasteiger partial charge in [-0.05, 0) is 38.5 Å². The van der Waals surface area contributed by atoms with Gasteiger partial charge >= 0.3 is 0 Å². The minimum absolute atomic E-state index is 0.388. The summed E-state index contributed by atoms with van der Waals surface area (Å²) in [6.07, 6.45) is 4.39. The van der Waals surface area contributed by atoms with E-state index in [1.807, 2.05) is 6.26 Å². The lowest BCUT2D eigenvalue weighted by Crippen LogP contribution is -2.33. The monoisotopic (exact) mass is 317 g/mol. The standard InChI is InChI=1S/C14H27N3O3S/c1-11(6-15-14(21-4)9-17(18)19)7-16(3)8-13-5-12(2)20-10-13/h9,11-13,15H,5-8,10H2,1-4H3. The highest BCUT2D eigenvalue weighted by molar-refractivity contribution is 8.02. The lowest BCUT2D eigenvalue weighted by Gasteiger charge is -2.24. The fourth-order valence-electron chi connectivity index (χ4n) is 2.69. The van der Waals surface area contributed by atoms with Gasteiger partial charge in [0.1, 0.15) is 5.03 Å². The van der Waals surface area contributed by atoms with Crippen molar-refractivity contribution in [3.8, 4) is 0 Å². The molecule has 0 radical (unpaired) electrons. The van der Waals surface area contributed by atoms with E-state index in [2.05, 4.69) is 31.1 Å². The first kappa shape index (κ1) is 18.3. The number of nitrogens with zero attached hydrogens (tertiary/aromatic N) is 2. The van der Waals surface area contributed by atoms with E-state index >= 15 is 0 Å². The Morgan fingerprint density at radius 1 is 1.67 bits per heavy atom. The molecule has 0 aromatic carbocycles. The second-order valence-corrected chi connectivity index (χ2v) is 6.78. The summed E-state index contributed by atoms with van der Waals surface area (Å²) < 4.78 is 5.59. The van der Waals surface area contributed by atoms with Gasteiger partial charge in [-0.3, -0.25) is 10.1 Å². The van der Waals surface area contributed by atoms with E-state index < -0.39 is 4.92 Å². The molecule has 1 N–H and O–H groups in total. The Morgan fingerprint density at radius 2 is 2.38 bits per heavy atom. The quantitative estimate of drug-likeness (QED) is 0.518. The van der Waals surface area contributed by atoms with Crippen LogP contribution in [-0.4, -0.2) is 55.5 Å². The Morgan fingerprint density at radius 3 is 2.90 bits per heavy atom. The molecule has 0 bridgehead atoms. The summed E-state index contributed by atoms with van der Waals surface area (Å²) in [5, 5.41) is 14.2. The van der Waals surface area contributed by atoms with Crippen molar-refractivity contribution in [3.63, 3.8) is 0 Å². The third kappa shape index (κ3) is 7.68. The molecule has 1 aliphatic rings. The van der Waals surface area contributed by atoms with Gasteiger partial charge in [-0.25, -0.2) is 0 Å². The molecule has 1 rings (SSSR count). The van der Waals surface area contributed by atoms with E-state index in [9.17, 15) is 10.1 Å². The van der Waals surface area contributed by atoms with Gasteiger partial charge in [0.25, 0.3) is 6.20 Å². The van der Waals surface area contributed by atoms with Crippen LogP contribution in [-0.2, 0) is 4.74 Å². The van der Waals surface area contributed by atoms with Crippen LogP contribution in [0.3, 0.4) is 0 Å². The fourth-order valence-corrected chi connectivity index (χ4v) is 3.11. The number of nitrogens with one attached hydrogen (secondary N) is 1. The molecular weight excluding hydrogens is 290 g/mol. The van der Waals surface area contributed by atoms with Crippen molar-refractivity contribution in [2.75, 3.05) is 39.5 Å². The molecule has 0 aromatic rings. The van der Waals surface area contributed by atoms with Crippen molar-refractivity contribution in [2.45, 2.75) is 26.4 Å². The zero-order valence-corrected chi connectivity index (χ0v) is 14.2. The second kappa shape index (κ2) is 9.27. The molecule has 0 amide bonds. The van der Waals surface area contributed by atoms with E-state index in [1.54, 1.807) is 0 Å². The number of hydrogen-bond acceptors (Lipinski definition) is 6. The van der Waals surface area contributed by atoms with E-state index in [-0.39, 0.29) is 0 Å². The third-order valence-corrected chi connectivity index (χ3v) is 4.23. The van der Waals surface area contributed by atoms with Gasteiger partial charge in [0, 0.05) is 19.6 Å². The second-order valence-electron chi connectivity index (χ2n) is 5.94. The van der Waals surface area contributed by atoms with Gasteiger partial charge < -0.3 is 15.0 Å². The molecule has 0 saturated carbocycles. The van der Waals surface area contributed by atoms with Crippen molar-refractivity contribution in [3.05, 3.63) is 21.3 Å². The SMILES string of the molecule is CSC(=C[N+](=O)[O-])NCC(C)CN(C)CC1COC(C)C1. The number of hydrogen-bond donors (Lipinski definition) is 1. The Bertz CT molecular complexity index is 365. The molecule has 21 heavy (non-hydrogen) atoms. The predicted octanol–water partition coefficient (Wildman–Crippen LogP) is 2.01. The van der Waals surface area contributed by atoms with E-state index in [4.69, 9.17) is 4.74 Å². The van der Waals surface area contributed by atoms with Crippen LogP contribution in [0.5, 0.6) is 0 Å². The van der Waals surface area contributed by atoms with Crippen LogP contribution in [0.15, 0.2) is 11.2 Å². The molecular formula is C14H27N3O3S. The van der Waals surface area contributed by atoms with Crippen LogP contribution in [0.1, 0.15) is 20.3 Å². The number of nitro groups is 1. The van der Waals surface area contributed by atoms with Crippen molar-refractivity contribution >= 4 is 11.8 Å². The Kier molecular flexibility index (Phi) is 8.06. The maximum Gasteiger partial charge on any atom is 0.263 e. The van der Waals surface area contributed by atoms with Crippen molar-refractivity contribution in [1.29, 1.82) is 0 Å². The highest BCUT2D eigenvalue weighted by Gasteiger charge is 2.23. The topological polar surface area (TPSA) is 67.6 Å². The summed E-state index contributed by atoms with van der Waals surface area (Å²) in [7, 11) is 2.13. The summed E-state index contributed by atoms with van der Waals surface area (Å²) in [4.78, 5) is 12.4. The van der Waals surface area contributed by atoms with Crippen LogP contribution in [0.25, 0.3) is 0 Å². The molecule has 6 nitrogen and oxygen atoms in total. The minimum Gasteiger partial charge on any atom is -0.378 e. The number of rotatable bonds is 9. The van der Waals surface area contributed by atoms with Crippen LogP contribution in [0, 0.1) is 22.0 Å². The minimum atomic E-state index is -0.420. The lowest BCUT2D eigenvalue weighted by atomic mass is 10.1. The van der Waals surface area contributed by atoms with Gasteiger partial charge in [0.15, 0.2) is 0 Å². The van der Waals surface area contributed by atoms with Crippen LogP contribution in [0.2, 0.25) is 0 Å². The van der Waals surface area contributed by atoms with Crippen molar-refractivity contribution < 1.29 is 9.66 Å². The maximum absolute atomic E-state index is 10.5. The molecule has 1 heterocycles. The Labute approximate surface area is 131 Å². The van der Waals surface area contributed by atoms with Gasteiger partial charge in [-0.2, -0.15) is 0 Å². The highest BCUT2D eigenvalue weighted by Crippen LogP contribution is 2.20. The number of ether oxygens (including phenoxy) is 1. The average Bonchev–Trinajstić information content (AvgIpc) is 2.79. The molecule has 1 aliphatic heterocycles. The molecule has 3 unspecified atom stereocenters. The van der Waals surface area contributed by atoms with Crippen molar-refractivity contribution in [2.24, 2.45) is 11.8 Å². The predicted molar refractivity (Wildman–Crippen MR) is 86.8 cm³/mol. The summed E-state index contributed by atoms with van der Waals surface area (Å²) in [6, 6.07) is 0. The van der Waals surface area contributed by atoms with E-state index in [0.29, 0.717) is 23.0 Å². The average molecular weight is 317 g/mol. The van der Waals surface area contributed by atoms with Crippen LogP contribution < -0.4 is 5.32 Å². The largest absolute Gasteiger partial charge is 0.378 e. The first-order valence-corrected chi connectivity index (χ1v) is 8.56. The molecule has 0 aliphatic carbocycles. The summed E-state index contributed by atoms with van der Waals surface area (Å²) in [6.45, 7) is 7.90. The first-order valence-electron chi connectivity index (χ1n) is 7.34. The van der Waals surface area contributed by atoms with E-state index in [0.717, 1.165) is 38.9 Å². The molecule has 122 valence electrons. The summed E-state index contributed by atoms with van der Waals surface area (Å²) in [5.41, 5.74) is 0. The van der Waals surface area contributed by atoms with E-state index in [1.165, 1.54) is 11.8 Å². The summed E-state index contributed by atoms with van der Waals surface area (Å²) >= 11 is 1.36. The zero-order chi connectivity index (χ0) is 15.8. The highest BCUT2D eigenvalue weighted by atomic mass is 32.2. The summed E-state index contributed by atoms with van der Waals surface area (Å²) in [5.74, 6) is 1.05. The Balaban J connectivity index is 2.26. The van der Waals surface area contributed by atoms with Crippen LogP contribution >= 0.6 is 11.8 Å². The molecule has 3 atom stereocenters. The normalized spacial score (nSPS) is 24.3. The molecule has 1 fully saturated rings. The van der Waals surface area contributed by atoms with Gasteiger partial charge in [-0.1, -0.05) is 6.92 Å². The van der Waals surface area contributed by atoms with Crippen LogP contribution in [0.4, 0.5) is 0 Å². The molecule has 0 aromatic heterocycles.